The van der Waals surface area contributed by atoms with Crippen LogP contribution < -0.4 is 5.73 Å². The zero-order valence-electron chi connectivity index (χ0n) is 9.59. The molecule has 0 saturated heterocycles. The van der Waals surface area contributed by atoms with Crippen molar-refractivity contribution in [3.05, 3.63) is 34.6 Å². The number of hydrogen-bond donors (Lipinski definition) is 2. The summed E-state index contributed by atoms with van der Waals surface area (Å²) in [6.45, 7) is 3.96. The van der Waals surface area contributed by atoms with Gasteiger partial charge in [0.25, 0.3) is 0 Å². The number of aromatic nitrogens is 2. The summed E-state index contributed by atoms with van der Waals surface area (Å²) in [6, 6.07) is 4.41. The van der Waals surface area contributed by atoms with E-state index in [1.807, 2.05) is 13.8 Å². The number of rotatable bonds is 2. The van der Waals surface area contributed by atoms with E-state index in [1.165, 1.54) is 12.1 Å². The number of nitrogens with zero attached hydrogens (tertiary/aromatic N) is 1. The first-order valence-corrected chi connectivity index (χ1v) is 5.67. The molecular weight excluding hydrogens is 241 g/mol. The normalized spacial score (nSPS) is 11.1. The van der Waals surface area contributed by atoms with Gasteiger partial charge in [-0.05, 0) is 24.1 Å². The molecule has 0 spiro atoms. The molecule has 0 aliphatic heterocycles. The third-order valence-corrected chi connectivity index (χ3v) is 2.84. The minimum Gasteiger partial charge on any atom is -0.382 e. The van der Waals surface area contributed by atoms with Crippen molar-refractivity contribution < 1.29 is 4.39 Å². The van der Waals surface area contributed by atoms with Gasteiger partial charge in [-0.3, -0.25) is 5.10 Å². The average Bonchev–Trinajstić information content (AvgIpc) is 2.64. The lowest BCUT2D eigenvalue weighted by atomic mass is 9.98. The van der Waals surface area contributed by atoms with Crippen LogP contribution in [0.5, 0.6) is 0 Å². The first-order valence-electron chi connectivity index (χ1n) is 5.30. The molecule has 1 aromatic carbocycles. The highest BCUT2D eigenvalue weighted by atomic mass is 35.5. The van der Waals surface area contributed by atoms with Crippen molar-refractivity contribution in [2.45, 2.75) is 19.8 Å². The third-order valence-electron chi connectivity index (χ3n) is 2.61. The molecule has 1 heterocycles. The summed E-state index contributed by atoms with van der Waals surface area (Å²) in [5, 5.41) is 7.17. The van der Waals surface area contributed by atoms with E-state index in [9.17, 15) is 4.39 Å². The van der Waals surface area contributed by atoms with Gasteiger partial charge in [0.05, 0.1) is 5.69 Å². The number of H-pyrrole nitrogens is 1. The predicted octanol–water partition coefficient (Wildman–Crippen LogP) is 3.57. The van der Waals surface area contributed by atoms with Gasteiger partial charge < -0.3 is 5.73 Å². The van der Waals surface area contributed by atoms with Crippen molar-refractivity contribution in [2.75, 3.05) is 5.73 Å². The fraction of sp³-hybridized carbons (Fsp3) is 0.250. The van der Waals surface area contributed by atoms with E-state index in [0.717, 1.165) is 5.56 Å². The van der Waals surface area contributed by atoms with Crippen LogP contribution in [-0.2, 0) is 0 Å². The summed E-state index contributed by atoms with van der Waals surface area (Å²) >= 11 is 5.87. The maximum atomic E-state index is 13.8. The Hall–Kier alpha value is -1.55. The van der Waals surface area contributed by atoms with Crippen molar-refractivity contribution >= 4 is 17.4 Å². The number of nitrogens with one attached hydrogen (secondary N) is 1. The molecule has 0 radical (unpaired) electrons. The lowest BCUT2D eigenvalue weighted by Gasteiger charge is -2.08. The first-order chi connectivity index (χ1) is 8.00. The van der Waals surface area contributed by atoms with Crippen LogP contribution in [0.2, 0.25) is 5.02 Å². The molecule has 90 valence electrons. The third kappa shape index (κ3) is 2.13. The average molecular weight is 254 g/mol. The molecule has 0 aliphatic carbocycles. The van der Waals surface area contributed by atoms with E-state index in [0.29, 0.717) is 22.1 Å². The highest BCUT2D eigenvalue weighted by Gasteiger charge is 2.18. The lowest BCUT2D eigenvalue weighted by molar-refractivity contribution is 0.630. The number of nitrogen functional groups attached to an aromatic ring is 1. The van der Waals surface area contributed by atoms with Crippen molar-refractivity contribution in [3.8, 4) is 11.3 Å². The Labute approximate surface area is 104 Å². The Bertz CT molecular complexity index is 549. The van der Waals surface area contributed by atoms with Crippen LogP contribution in [-0.4, -0.2) is 10.2 Å². The topological polar surface area (TPSA) is 54.7 Å². The van der Waals surface area contributed by atoms with Gasteiger partial charge in [0, 0.05) is 16.1 Å². The molecule has 17 heavy (non-hydrogen) atoms. The van der Waals surface area contributed by atoms with E-state index in [2.05, 4.69) is 10.2 Å². The van der Waals surface area contributed by atoms with Crippen molar-refractivity contribution in [2.24, 2.45) is 0 Å². The largest absolute Gasteiger partial charge is 0.382 e. The molecule has 0 amide bonds. The zero-order valence-corrected chi connectivity index (χ0v) is 10.3. The SMILES string of the molecule is CC(C)c1c(N)n[nH]c1-c1cc(Cl)ccc1F. The first kappa shape index (κ1) is 11.9. The Kier molecular flexibility index (Phi) is 3.07. The van der Waals surface area contributed by atoms with Gasteiger partial charge in [0.15, 0.2) is 0 Å². The Morgan fingerprint density at radius 3 is 2.76 bits per heavy atom. The highest BCUT2D eigenvalue weighted by Crippen LogP contribution is 2.33. The summed E-state index contributed by atoms with van der Waals surface area (Å²) < 4.78 is 13.8. The number of nitrogens with two attached hydrogens (primary N) is 1. The van der Waals surface area contributed by atoms with E-state index < -0.39 is 0 Å². The molecule has 3 nitrogen and oxygen atoms in total. The smallest absolute Gasteiger partial charge is 0.149 e. The van der Waals surface area contributed by atoms with Gasteiger partial charge in [-0.2, -0.15) is 5.10 Å². The monoisotopic (exact) mass is 253 g/mol. The molecule has 0 fully saturated rings. The number of hydrogen-bond acceptors (Lipinski definition) is 2. The van der Waals surface area contributed by atoms with Crippen molar-refractivity contribution in [1.29, 1.82) is 0 Å². The molecule has 0 aliphatic rings. The van der Waals surface area contributed by atoms with Gasteiger partial charge in [-0.15, -0.1) is 0 Å². The zero-order chi connectivity index (χ0) is 12.6. The lowest BCUT2D eigenvalue weighted by Crippen LogP contribution is -1.96. The molecule has 3 N–H and O–H groups in total. The summed E-state index contributed by atoms with van der Waals surface area (Å²) in [5.41, 5.74) is 7.57. The Morgan fingerprint density at radius 2 is 2.12 bits per heavy atom. The fourth-order valence-electron chi connectivity index (χ4n) is 1.84. The molecule has 0 atom stereocenters. The van der Waals surface area contributed by atoms with Crippen LogP contribution >= 0.6 is 11.6 Å². The second-order valence-electron chi connectivity index (χ2n) is 4.18. The van der Waals surface area contributed by atoms with Crippen LogP contribution in [0.4, 0.5) is 10.2 Å². The van der Waals surface area contributed by atoms with Crippen LogP contribution in [0.25, 0.3) is 11.3 Å². The summed E-state index contributed by atoms with van der Waals surface area (Å²) in [5.74, 6) is 0.205. The molecule has 1 aromatic heterocycles. The van der Waals surface area contributed by atoms with Crippen LogP contribution in [0, 0.1) is 5.82 Å². The van der Waals surface area contributed by atoms with Gasteiger partial charge in [-0.1, -0.05) is 25.4 Å². The fourth-order valence-corrected chi connectivity index (χ4v) is 2.02. The van der Waals surface area contributed by atoms with Gasteiger partial charge in [-0.25, -0.2) is 4.39 Å². The van der Waals surface area contributed by atoms with E-state index in [4.69, 9.17) is 17.3 Å². The molecular formula is C12H13ClFN3. The van der Waals surface area contributed by atoms with E-state index >= 15 is 0 Å². The molecule has 0 bridgehead atoms. The number of anilines is 1. The minimum atomic E-state index is -0.347. The second-order valence-corrected chi connectivity index (χ2v) is 4.61. The van der Waals surface area contributed by atoms with Gasteiger partial charge in [0.2, 0.25) is 0 Å². The predicted molar refractivity (Wildman–Crippen MR) is 67.5 cm³/mol. The van der Waals surface area contributed by atoms with Crippen LogP contribution in [0.3, 0.4) is 0 Å². The molecule has 2 aromatic rings. The van der Waals surface area contributed by atoms with Crippen LogP contribution in [0.15, 0.2) is 18.2 Å². The summed E-state index contributed by atoms with van der Waals surface area (Å²) in [4.78, 5) is 0. The number of halogens is 2. The van der Waals surface area contributed by atoms with Crippen molar-refractivity contribution in [3.63, 3.8) is 0 Å². The Balaban J connectivity index is 2.64. The molecule has 0 saturated carbocycles. The van der Waals surface area contributed by atoms with Crippen molar-refractivity contribution in [1.82, 2.24) is 10.2 Å². The molecule has 0 unspecified atom stereocenters. The number of aromatic amines is 1. The quantitative estimate of drug-likeness (QED) is 0.860. The second kappa shape index (κ2) is 4.37. The van der Waals surface area contributed by atoms with Gasteiger partial charge in [0.1, 0.15) is 11.6 Å². The maximum Gasteiger partial charge on any atom is 0.149 e. The maximum absolute atomic E-state index is 13.8. The molecule has 2 rings (SSSR count). The standard InChI is InChI=1S/C12H13ClFN3/c1-6(2)10-11(16-17-12(10)15)8-5-7(13)3-4-9(8)14/h3-6H,1-2H3,(H3,15,16,17). The Morgan fingerprint density at radius 1 is 1.41 bits per heavy atom. The summed E-state index contributed by atoms with van der Waals surface area (Å²) in [7, 11) is 0. The highest BCUT2D eigenvalue weighted by molar-refractivity contribution is 6.30. The minimum absolute atomic E-state index is 0.155. The van der Waals surface area contributed by atoms with Gasteiger partial charge >= 0.3 is 0 Å². The van der Waals surface area contributed by atoms with E-state index in [-0.39, 0.29) is 11.7 Å². The summed E-state index contributed by atoms with van der Waals surface area (Å²) in [6.07, 6.45) is 0. The van der Waals surface area contributed by atoms with E-state index in [1.54, 1.807) is 6.07 Å². The molecule has 5 heteroatoms. The van der Waals surface area contributed by atoms with Crippen LogP contribution in [0.1, 0.15) is 25.3 Å². The number of benzene rings is 1.